The van der Waals surface area contributed by atoms with E-state index in [2.05, 4.69) is 0 Å². The maximum atomic E-state index is 11.5. The van der Waals surface area contributed by atoms with Gasteiger partial charge in [0.25, 0.3) is 0 Å². The number of hydrogen-bond acceptors (Lipinski definition) is 3. The normalized spacial score (nSPS) is 10.6. The van der Waals surface area contributed by atoms with Crippen molar-refractivity contribution >= 4 is 17.3 Å². The van der Waals surface area contributed by atoms with Crippen molar-refractivity contribution < 1.29 is 4.79 Å². The molecule has 0 unspecified atom stereocenters. The van der Waals surface area contributed by atoms with Gasteiger partial charge in [0.15, 0.2) is 0 Å². The van der Waals surface area contributed by atoms with Crippen LogP contribution in [0.15, 0.2) is 27.8 Å². The van der Waals surface area contributed by atoms with Crippen LogP contribution in [-0.4, -0.2) is 15.4 Å². The zero-order valence-corrected chi connectivity index (χ0v) is 8.93. The van der Waals surface area contributed by atoms with Crippen molar-refractivity contribution in [2.24, 2.45) is 14.1 Å². The Morgan fingerprint density at radius 1 is 1.00 bits per heavy atom. The van der Waals surface area contributed by atoms with Crippen molar-refractivity contribution in [2.45, 2.75) is 0 Å². The number of fused-ring (bicyclic) bond motifs is 1. The van der Waals surface area contributed by atoms with Gasteiger partial charge in [-0.1, -0.05) is 0 Å². The lowest BCUT2D eigenvalue weighted by molar-refractivity contribution is 0.112. The summed E-state index contributed by atoms with van der Waals surface area (Å²) in [5, 5.41) is 0. The van der Waals surface area contributed by atoms with E-state index in [0.717, 1.165) is 0 Å². The summed E-state index contributed by atoms with van der Waals surface area (Å²) < 4.78 is 2.54. The van der Waals surface area contributed by atoms with Crippen molar-refractivity contribution in [2.75, 3.05) is 0 Å². The minimum absolute atomic E-state index is 0.473. The highest BCUT2D eigenvalue weighted by molar-refractivity contribution is 5.84. The van der Waals surface area contributed by atoms with Crippen LogP contribution < -0.4 is 11.1 Å². The Kier molecular flexibility index (Phi) is 2.23. The van der Waals surface area contributed by atoms with Crippen molar-refractivity contribution in [1.29, 1.82) is 0 Å². The number of aldehydes is 1. The zero-order valence-electron chi connectivity index (χ0n) is 8.93. The minimum atomic E-state index is -0.599. The summed E-state index contributed by atoms with van der Waals surface area (Å²) in [4.78, 5) is 33.7. The number of hydrogen-bond donors (Lipinski definition) is 0. The van der Waals surface area contributed by atoms with Crippen LogP contribution in [0.3, 0.4) is 0 Å². The Hall–Kier alpha value is -2.17. The molecule has 5 nitrogen and oxygen atoms in total. The van der Waals surface area contributed by atoms with Crippen LogP contribution in [0, 0.1) is 0 Å². The standard InChI is InChI=1S/C11H10N2O3/c1-12-8-4-3-7(6-14)5-9(8)13(2)11(16)10(12)15/h3-6H,1-2H3. The summed E-state index contributed by atoms with van der Waals surface area (Å²) in [6, 6.07) is 4.85. The fourth-order valence-electron chi connectivity index (χ4n) is 1.67. The zero-order chi connectivity index (χ0) is 11.9. The van der Waals surface area contributed by atoms with Crippen LogP contribution in [0.1, 0.15) is 10.4 Å². The molecular formula is C11H10N2O3. The Morgan fingerprint density at radius 3 is 2.12 bits per heavy atom. The fraction of sp³-hybridized carbons (Fsp3) is 0.182. The molecule has 16 heavy (non-hydrogen) atoms. The maximum absolute atomic E-state index is 11.5. The molecule has 0 aliphatic rings. The molecule has 0 atom stereocenters. The maximum Gasteiger partial charge on any atom is 0.316 e. The molecule has 0 bridgehead atoms. The van der Waals surface area contributed by atoms with Crippen LogP contribution in [0.25, 0.3) is 11.0 Å². The van der Waals surface area contributed by atoms with E-state index in [9.17, 15) is 14.4 Å². The van der Waals surface area contributed by atoms with Crippen molar-refractivity contribution in [3.8, 4) is 0 Å². The van der Waals surface area contributed by atoms with Crippen molar-refractivity contribution in [3.63, 3.8) is 0 Å². The van der Waals surface area contributed by atoms with Gasteiger partial charge in [-0.15, -0.1) is 0 Å². The van der Waals surface area contributed by atoms with Crippen LogP contribution in [0.2, 0.25) is 0 Å². The molecule has 0 spiro atoms. The summed E-state index contributed by atoms with van der Waals surface area (Å²) in [5.74, 6) is 0. The average Bonchev–Trinajstić information content (AvgIpc) is 2.33. The smallest absolute Gasteiger partial charge is 0.305 e. The molecule has 0 saturated heterocycles. The predicted molar refractivity (Wildman–Crippen MR) is 59.8 cm³/mol. The molecule has 0 radical (unpaired) electrons. The van der Waals surface area contributed by atoms with Crippen molar-refractivity contribution in [3.05, 3.63) is 44.5 Å². The van der Waals surface area contributed by atoms with Gasteiger partial charge < -0.3 is 9.13 Å². The highest BCUT2D eigenvalue weighted by atomic mass is 16.2. The van der Waals surface area contributed by atoms with Gasteiger partial charge >= 0.3 is 11.1 Å². The predicted octanol–water partition coefficient (Wildman–Crippen LogP) is 0.0497. The van der Waals surface area contributed by atoms with E-state index in [-0.39, 0.29) is 0 Å². The number of aryl methyl sites for hydroxylation is 2. The molecule has 0 aliphatic heterocycles. The van der Waals surface area contributed by atoms with Gasteiger partial charge in [-0.3, -0.25) is 14.4 Å². The third kappa shape index (κ3) is 1.29. The molecule has 0 N–H and O–H groups in total. The second kappa shape index (κ2) is 3.44. The quantitative estimate of drug-likeness (QED) is 0.502. The Balaban J connectivity index is 3.08. The SMILES string of the molecule is Cn1c(=O)c(=O)n(C)c2cc(C=O)ccc21. The third-order valence-corrected chi connectivity index (χ3v) is 2.65. The lowest BCUT2D eigenvalue weighted by atomic mass is 10.2. The van der Waals surface area contributed by atoms with Crippen LogP contribution in [-0.2, 0) is 14.1 Å². The number of rotatable bonds is 1. The first-order valence-electron chi connectivity index (χ1n) is 4.71. The van der Waals surface area contributed by atoms with Crippen LogP contribution >= 0.6 is 0 Å². The highest BCUT2D eigenvalue weighted by Gasteiger charge is 2.08. The third-order valence-electron chi connectivity index (χ3n) is 2.65. The molecule has 0 fully saturated rings. The monoisotopic (exact) mass is 218 g/mol. The van der Waals surface area contributed by atoms with E-state index in [4.69, 9.17) is 0 Å². The largest absolute Gasteiger partial charge is 0.316 e. The second-order valence-electron chi connectivity index (χ2n) is 3.59. The van der Waals surface area contributed by atoms with Gasteiger partial charge in [-0.25, -0.2) is 0 Å². The molecule has 2 aromatic rings. The number of benzene rings is 1. The molecule has 1 aromatic heterocycles. The van der Waals surface area contributed by atoms with E-state index in [0.29, 0.717) is 22.9 Å². The molecule has 5 heteroatoms. The van der Waals surface area contributed by atoms with E-state index >= 15 is 0 Å². The molecule has 0 amide bonds. The van der Waals surface area contributed by atoms with Gasteiger partial charge in [0.05, 0.1) is 11.0 Å². The first kappa shape index (κ1) is 10.4. The van der Waals surface area contributed by atoms with Gasteiger partial charge in [-0.2, -0.15) is 0 Å². The topological polar surface area (TPSA) is 61.1 Å². The van der Waals surface area contributed by atoms with Gasteiger partial charge in [0.1, 0.15) is 6.29 Å². The van der Waals surface area contributed by atoms with Crippen LogP contribution in [0.4, 0.5) is 0 Å². The summed E-state index contributed by atoms with van der Waals surface area (Å²) >= 11 is 0. The lowest BCUT2D eigenvalue weighted by Crippen LogP contribution is -2.39. The molecule has 2 rings (SSSR count). The van der Waals surface area contributed by atoms with Crippen LogP contribution in [0.5, 0.6) is 0 Å². The Bertz CT molecular complexity index is 695. The van der Waals surface area contributed by atoms with E-state index < -0.39 is 11.1 Å². The lowest BCUT2D eigenvalue weighted by Gasteiger charge is -2.08. The van der Waals surface area contributed by atoms with Gasteiger partial charge in [-0.05, 0) is 18.2 Å². The Labute approximate surface area is 90.6 Å². The summed E-state index contributed by atoms with van der Waals surface area (Å²) in [6.45, 7) is 0. The number of carbonyl (C=O) groups excluding carboxylic acids is 1. The second-order valence-corrected chi connectivity index (χ2v) is 3.59. The average molecular weight is 218 g/mol. The van der Waals surface area contributed by atoms with E-state index in [1.807, 2.05) is 0 Å². The molecule has 1 aromatic carbocycles. The molecule has 0 saturated carbocycles. The number of carbonyl (C=O) groups is 1. The molecule has 1 heterocycles. The summed E-state index contributed by atoms with van der Waals surface area (Å²) in [7, 11) is 3.05. The number of aromatic nitrogens is 2. The molecule has 82 valence electrons. The molecule has 0 aliphatic carbocycles. The van der Waals surface area contributed by atoms with E-state index in [1.165, 1.54) is 23.2 Å². The minimum Gasteiger partial charge on any atom is -0.305 e. The Morgan fingerprint density at radius 2 is 1.56 bits per heavy atom. The van der Waals surface area contributed by atoms with Gasteiger partial charge in [0, 0.05) is 19.7 Å². The van der Waals surface area contributed by atoms with E-state index in [1.54, 1.807) is 18.2 Å². The summed E-state index contributed by atoms with van der Waals surface area (Å²) in [6.07, 6.45) is 0.703. The first-order chi connectivity index (χ1) is 7.56. The summed E-state index contributed by atoms with van der Waals surface area (Å²) in [5.41, 5.74) is 0.488. The van der Waals surface area contributed by atoms with Gasteiger partial charge in [0.2, 0.25) is 0 Å². The molecular weight excluding hydrogens is 208 g/mol. The fourth-order valence-corrected chi connectivity index (χ4v) is 1.67. The highest BCUT2D eigenvalue weighted by Crippen LogP contribution is 2.10. The first-order valence-corrected chi connectivity index (χ1v) is 4.71. The number of nitrogens with zero attached hydrogens (tertiary/aromatic N) is 2. The van der Waals surface area contributed by atoms with Crippen molar-refractivity contribution in [1.82, 2.24) is 9.13 Å².